The minimum atomic E-state index is 0. The molecule has 1 N–H and O–H groups in total. The molecule has 3 aromatic rings. The number of benzene rings is 2. The first kappa shape index (κ1) is 26.2. The zero-order valence-corrected chi connectivity index (χ0v) is 20.0. The van der Waals surface area contributed by atoms with Gasteiger partial charge >= 0.3 is 0 Å². The number of halogens is 2. The van der Waals surface area contributed by atoms with Crippen molar-refractivity contribution in [2.75, 3.05) is 25.0 Å². The van der Waals surface area contributed by atoms with Crippen molar-refractivity contribution in [1.29, 1.82) is 0 Å². The predicted octanol–water partition coefficient (Wildman–Crippen LogP) is 8.27. The Bertz CT molecular complexity index is 1030. The van der Waals surface area contributed by atoms with E-state index in [-0.39, 0.29) is 7.43 Å². The molecule has 2 aromatic carbocycles. The van der Waals surface area contributed by atoms with E-state index >= 15 is 0 Å². The van der Waals surface area contributed by atoms with Crippen LogP contribution in [0.15, 0.2) is 48.5 Å². The highest BCUT2D eigenvalue weighted by Crippen LogP contribution is 2.28. The molecular formula is C27H35Cl2N3. The fourth-order valence-corrected chi connectivity index (χ4v) is 4.08. The summed E-state index contributed by atoms with van der Waals surface area (Å²) in [6.45, 7) is 10.0. The molecular weight excluding hydrogens is 437 g/mol. The maximum absolute atomic E-state index is 6.29. The summed E-state index contributed by atoms with van der Waals surface area (Å²) in [5.74, 6) is 0. The van der Waals surface area contributed by atoms with Gasteiger partial charge in [-0.1, -0.05) is 68.8 Å². The first-order chi connectivity index (χ1) is 15.0. The summed E-state index contributed by atoms with van der Waals surface area (Å²) in [5, 5.41) is 6.19. The van der Waals surface area contributed by atoms with Crippen LogP contribution in [0.25, 0.3) is 23.1 Å². The van der Waals surface area contributed by atoms with Gasteiger partial charge in [0.2, 0.25) is 0 Å². The maximum atomic E-state index is 6.29. The number of anilines is 1. The summed E-state index contributed by atoms with van der Waals surface area (Å²) in [6.07, 6.45) is 6.28. The molecule has 3 rings (SSSR count). The van der Waals surface area contributed by atoms with Crippen LogP contribution < -0.4 is 5.32 Å². The Hall–Kier alpha value is -2.07. The van der Waals surface area contributed by atoms with Crippen molar-refractivity contribution in [2.45, 2.75) is 47.1 Å². The van der Waals surface area contributed by atoms with Crippen molar-refractivity contribution >= 4 is 51.9 Å². The van der Waals surface area contributed by atoms with Gasteiger partial charge in [0, 0.05) is 27.2 Å². The number of hydrogen-bond acceptors (Lipinski definition) is 3. The number of nitrogens with zero attached hydrogens (tertiary/aromatic N) is 2. The van der Waals surface area contributed by atoms with E-state index in [1.54, 1.807) is 0 Å². The van der Waals surface area contributed by atoms with E-state index in [1.807, 2.05) is 54.6 Å². The SMILES string of the molecule is C.CCN(CC)CCCC(C)Nc1cc(/C=C/c2ccccc2Cl)nc2cc(Cl)ccc12. The second-order valence-electron chi connectivity index (χ2n) is 7.83. The van der Waals surface area contributed by atoms with E-state index in [9.17, 15) is 0 Å². The van der Waals surface area contributed by atoms with Crippen molar-refractivity contribution in [3.05, 3.63) is 69.8 Å². The number of rotatable bonds is 10. The fourth-order valence-electron chi connectivity index (χ4n) is 3.71. The largest absolute Gasteiger partial charge is 0.382 e. The molecule has 0 saturated carbocycles. The molecule has 1 atom stereocenters. The Labute approximate surface area is 203 Å². The van der Waals surface area contributed by atoms with Crippen LogP contribution >= 0.6 is 23.2 Å². The summed E-state index contributed by atoms with van der Waals surface area (Å²) < 4.78 is 0. The summed E-state index contributed by atoms with van der Waals surface area (Å²) in [7, 11) is 0. The summed E-state index contributed by atoms with van der Waals surface area (Å²) >= 11 is 12.5. The first-order valence-electron chi connectivity index (χ1n) is 11.0. The molecule has 0 spiro atoms. The maximum Gasteiger partial charge on any atom is 0.0744 e. The third-order valence-electron chi connectivity index (χ3n) is 5.54. The monoisotopic (exact) mass is 471 g/mol. The predicted molar refractivity (Wildman–Crippen MR) is 144 cm³/mol. The highest BCUT2D eigenvalue weighted by atomic mass is 35.5. The lowest BCUT2D eigenvalue weighted by molar-refractivity contribution is 0.295. The first-order valence-corrected chi connectivity index (χ1v) is 11.8. The molecule has 1 aromatic heterocycles. The molecule has 0 radical (unpaired) electrons. The smallest absolute Gasteiger partial charge is 0.0744 e. The zero-order chi connectivity index (χ0) is 22.2. The molecule has 1 unspecified atom stereocenters. The number of aromatic nitrogens is 1. The summed E-state index contributed by atoms with van der Waals surface area (Å²) in [6, 6.07) is 16.1. The second kappa shape index (κ2) is 12.8. The van der Waals surface area contributed by atoms with Crippen LogP contribution in [0.5, 0.6) is 0 Å². The molecule has 0 aliphatic carbocycles. The molecule has 0 bridgehead atoms. The van der Waals surface area contributed by atoms with Gasteiger partial charge in [-0.15, -0.1) is 0 Å². The lowest BCUT2D eigenvalue weighted by Gasteiger charge is -2.21. The number of pyridine rings is 1. The van der Waals surface area contributed by atoms with E-state index < -0.39 is 0 Å². The van der Waals surface area contributed by atoms with Crippen LogP contribution in [0.1, 0.15) is 52.3 Å². The van der Waals surface area contributed by atoms with E-state index in [0.29, 0.717) is 11.1 Å². The average molecular weight is 473 g/mol. The minimum absolute atomic E-state index is 0. The zero-order valence-electron chi connectivity index (χ0n) is 18.5. The van der Waals surface area contributed by atoms with Gasteiger partial charge in [0.25, 0.3) is 0 Å². The third-order valence-corrected chi connectivity index (χ3v) is 6.12. The van der Waals surface area contributed by atoms with E-state index in [0.717, 1.165) is 58.9 Å². The molecule has 172 valence electrons. The molecule has 32 heavy (non-hydrogen) atoms. The number of fused-ring (bicyclic) bond motifs is 1. The Morgan fingerprint density at radius 3 is 2.50 bits per heavy atom. The highest BCUT2D eigenvalue weighted by molar-refractivity contribution is 6.32. The quantitative estimate of drug-likeness (QED) is 0.322. The standard InChI is InChI=1S/C26H31Cl2N3.CH4/c1-4-31(5-2)16-8-9-19(3)29-26-18-22(14-12-20-10-6-7-11-24(20)28)30-25-17-21(27)13-15-23(25)26;/h6-7,10-15,17-19H,4-5,8-9,16H2,1-3H3,(H,29,30);1H4/b14-12+;. The van der Waals surface area contributed by atoms with E-state index in [4.69, 9.17) is 28.2 Å². The van der Waals surface area contributed by atoms with Crippen LogP contribution in [0.2, 0.25) is 10.0 Å². The number of hydrogen-bond donors (Lipinski definition) is 1. The molecule has 0 saturated heterocycles. The lowest BCUT2D eigenvalue weighted by Crippen LogP contribution is -2.25. The molecule has 0 amide bonds. The molecule has 3 nitrogen and oxygen atoms in total. The van der Waals surface area contributed by atoms with E-state index in [1.165, 1.54) is 6.42 Å². The van der Waals surface area contributed by atoms with Crippen molar-refractivity contribution in [1.82, 2.24) is 9.88 Å². The normalized spacial score (nSPS) is 12.3. The van der Waals surface area contributed by atoms with Crippen LogP contribution in [0.4, 0.5) is 5.69 Å². The van der Waals surface area contributed by atoms with Crippen LogP contribution in [-0.4, -0.2) is 35.6 Å². The lowest BCUT2D eigenvalue weighted by atomic mass is 10.1. The van der Waals surface area contributed by atoms with Gasteiger partial charge in [0.15, 0.2) is 0 Å². The minimum Gasteiger partial charge on any atom is -0.382 e. The topological polar surface area (TPSA) is 28.2 Å². The molecule has 1 heterocycles. The van der Waals surface area contributed by atoms with Crippen molar-refractivity contribution < 1.29 is 0 Å². The van der Waals surface area contributed by atoms with E-state index in [2.05, 4.69) is 37.1 Å². The molecule has 0 aliphatic heterocycles. The Balaban J connectivity index is 0.00000363. The van der Waals surface area contributed by atoms with Crippen LogP contribution in [0, 0.1) is 0 Å². The van der Waals surface area contributed by atoms with Crippen LogP contribution in [0.3, 0.4) is 0 Å². The Morgan fingerprint density at radius 2 is 1.78 bits per heavy atom. The van der Waals surface area contributed by atoms with Crippen LogP contribution in [-0.2, 0) is 0 Å². The van der Waals surface area contributed by atoms with Crippen molar-refractivity contribution in [3.63, 3.8) is 0 Å². The average Bonchev–Trinajstić information content (AvgIpc) is 2.76. The van der Waals surface area contributed by atoms with Gasteiger partial charge in [-0.05, 0) is 81.4 Å². The fraction of sp³-hybridized carbons (Fsp3) is 0.370. The number of nitrogens with one attached hydrogen (secondary N) is 1. The van der Waals surface area contributed by atoms with Gasteiger partial charge in [0.05, 0.1) is 11.2 Å². The van der Waals surface area contributed by atoms with Gasteiger partial charge in [0.1, 0.15) is 0 Å². The second-order valence-corrected chi connectivity index (χ2v) is 8.67. The van der Waals surface area contributed by atoms with Gasteiger partial charge in [-0.2, -0.15) is 0 Å². The summed E-state index contributed by atoms with van der Waals surface area (Å²) in [4.78, 5) is 7.26. The molecule has 5 heteroatoms. The Kier molecular flexibility index (Phi) is 10.5. The Morgan fingerprint density at radius 1 is 1.03 bits per heavy atom. The molecule has 0 aliphatic rings. The summed E-state index contributed by atoms with van der Waals surface area (Å²) in [5.41, 5.74) is 3.80. The third kappa shape index (κ3) is 7.23. The highest BCUT2D eigenvalue weighted by Gasteiger charge is 2.10. The van der Waals surface area contributed by atoms with Gasteiger partial charge in [-0.3, -0.25) is 0 Å². The van der Waals surface area contributed by atoms with Gasteiger partial charge in [-0.25, -0.2) is 4.98 Å². The van der Waals surface area contributed by atoms with Gasteiger partial charge < -0.3 is 10.2 Å². The van der Waals surface area contributed by atoms with Crippen molar-refractivity contribution in [2.24, 2.45) is 0 Å². The van der Waals surface area contributed by atoms with Crippen molar-refractivity contribution in [3.8, 4) is 0 Å². The molecule has 0 fully saturated rings.